The zero-order valence-corrected chi connectivity index (χ0v) is 16.4. The third-order valence-electron chi connectivity index (χ3n) is 3.44. The molecule has 2 aromatic rings. The van der Waals surface area contributed by atoms with Crippen LogP contribution in [0.4, 0.5) is 13.2 Å². The van der Waals surface area contributed by atoms with Crippen molar-refractivity contribution in [3.8, 4) is 12.3 Å². The predicted molar refractivity (Wildman–Crippen MR) is 96.3 cm³/mol. The molecule has 0 saturated heterocycles. The molecule has 0 saturated carbocycles. The fourth-order valence-electron chi connectivity index (χ4n) is 2.12. The molecule has 6 heteroatoms. The SMILES string of the molecule is C#CCOC(COCc1ccccc1)C[Te]c1ccc(C(F)(F)F)cc1. The van der Waals surface area contributed by atoms with E-state index in [9.17, 15) is 13.2 Å². The van der Waals surface area contributed by atoms with E-state index in [0.29, 0.717) is 13.2 Å². The molecule has 0 spiro atoms. The first-order valence-electron chi connectivity index (χ1n) is 7.96. The summed E-state index contributed by atoms with van der Waals surface area (Å²) in [7, 11) is 0. The molecule has 0 heterocycles. The number of hydrogen-bond donors (Lipinski definition) is 0. The van der Waals surface area contributed by atoms with Gasteiger partial charge in [-0.3, -0.25) is 0 Å². The van der Waals surface area contributed by atoms with Gasteiger partial charge in [0.2, 0.25) is 0 Å². The van der Waals surface area contributed by atoms with Gasteiger partial charge in [0.1, 0.15) is 0 Å². The summed E-state index contributed by atoms with van der Waals surface area (Å²) >= 11 is -0.691. The summed E-state index contributed by atoms with van der Waals surface area (Å²) < 4.78 is 50.8. The summed E-state index contributed by atoms with van der Waals surface area (Å²) in [4.78, 5) is 0. The number of halogens is 3. The van der Waals surface area contributed by atoms with E-state index >= 15 is 0 Å². The fourth-order valence-corrected chi connectivity index (χ4v) is 4.69. The van der Waals surface area contributed by atoms with Crippen LogP contribution in [0.2, 0.25) is 4.47 Å². The van der Waals surface area contributed by atoms with Crippen LogP contribution in [0.5, 0.6) is 0 Å². The Bertz CT molecular complexity index is 694. The standard InChI is InChI=1S/C20H19F3O2Te/c1-2-12-25-18(14-24-13-16-6-4-3-5-7-16)15-26-19-10-8-17(9-11-19)20(21,22)23/h1,3-11,18H,12-15H2. The Labute approximate surface area is 161 Å². The van der Waals surface area contributed by atoms with Gasteiger partial charge in [0.05, 0.1) is 0 Å². The van der Waals surface area contributed by atoms with Gasteiger partial charge in [-0.2, -0.15) is 0 Å². The van der Waals surface area contributed by atoms with Crippen molar-refractivity contribution >= 4 is 24.5 Å². The van der Waals surface area contributed by atoms with Crippen LogP contribution in [0, 0.1) is 12.3 Å². The summed E-state index contributed by atoms with van der Waals surface area (Å²) in [5, 5.41) is 0. The zero-order chi connectivity index (χ0) is 18.8. The first kappa shape index (κ1) is 20.8. The predicted octanol–water partition coefficient (Wildman–Crippen LogP) is 3.69. The molecule has 1 unspecified atom stereocenters. The molecule has 26 heavy (non-hydrogen) atoms. The van der Waals surface area contributed by atoms with Crippen molar-refractivity contribution in [2.24, 2.45) is 0 Å². The topological polar surface area (TPSA) is 18.5 Å². The Balaban J connectivity index is 1.83. The summed E-state index contributed by atoms with van der Waals surface area (Å²) in [5.74, 6) is 2.44. The summed E-state index contributed by atoms with van der Waals surface area (Å²) in [6.07, 6.45) is 0.793. The van der Waals surface area contributed by atoms with Crippen LogP contribution in [0.15, 0.2) is 54.6 Å². The van der Waals surface area contributed by atoms with Crippen molar-refractivity contribution in [1.82, 2.24) is 0 Å². The molecular formula is C20H19F3O2Te. The van der Waals surface area contributed by atoms with E-state index < -0.39 is 32.7 Å². The number of hydrogen-bond acceptors (Lipinski definition) is 2. The quantitative estimate of drug-likeness (QED) is 0.407. The van der Waals surface area contributed by atoms with E-state index in [1.54, 1.807) is 12.1 Å². The monoisotopic (exact) mass is 478 g/mol. The van der Waals surface area contributed by atoms with Gasteiger partial charge in [0.15, 0.2) is 0 Å². The Morgan fingerprint density at radius 1 is 1.04 bits per heavy atom. The fraction of sp³-hybridized carbons (Fsp3) is 0.300. The molecule has 1 atom stereocenters. The van der Waals surface area contributed by atoms with Crippen LogP contribution in [0.3, 0.4) is 0 Å². The number of alkyl halides is 3. The average Bonchev–Trinajstić information content (AvgIpc) is 2.64. The van der Waals surface area contributed by atoms with Gasteiger partial charge >= 0.3 is 162 Å². The Kier molecular flexibility index (Phi) is 8.48. The molecule has 2 rings (SSSR count). The summed E-state index contributed by atoms with van der Waals surface area (Å²) in [6.45, 7) is 1.08. The van der Waals surface area contributed by atoms with Crippen LogP contribution in [-0.4, -0.2) is 40.2 Å². The minimum absolute atomic E-state index is 0.153. The van der Waals surface area contributed by atoms with Crippen molar-refractivity contribution in [2.45, 2.75) is 23.4 Å². The van der Waals surface area contributed by atoms with Crippen LogP contribution in [0.25, 0.3) is 0 Å². The second-order valence-electron chi connectivity index (χ2n) is 5.47. The van der Waals surface area contributed by atoms with Crippen molar-refractivity contribution in [1.29, 1.82) is 0 Å². The minimum atomic E-state index is -4.30. The number of rotatable bonds is 9. The molecule has 0 aliphatic carbocycles. The average molecular weight is 476 g/mol. The number of ether oxygens (including phenoxy) is 2. The van der Waals surface area contributed by atoms with Crippen molar-refractivity contribution < 1.29 is 22.6 Å². The van der Waals surface area contributed by atoms with Crippen molar-refractivity contribution in [3.05, 3.63) is 65.7 Å². The zero-order valence-electron chi connectivity index (χ0n) is 14.0. The number of terminal acetylenes is 1. The molecule has 0 radical (unpaired) electrons. The molecule has 0 bridgehead atoms. The van der Waals surface area contributed by atoms with Gasteiger partial charge < -0.3 is 0 Å². The van der Waals surface area contributed by atoms with E-state index in [0.717, 1.165) is 25.8 Å². The molecule has 0 fully saturated rings. The number of benzene rings is 2. The molecule has 0 amide bonds. The molecule has 0 N–H and O–H groups in total. The molecule has 0 aliphatic heterocycles. The maximum absolute atomic E-state index is 12.6. The van der Waals surface area contributed by atoms with E-state index in [-0.39, 0.29) is 12.7 Å². The second kappa shape index (κ2) is 10.6. The molecule has 0 aliphatic rings. The van der Waals surface area contributed by atoms with Crippen molar-refractivity contribution in [2.75, 3.05) is 13.2 Å². The van der Waals surface area contributed by atoms with E-state index in [4.69, 9.17) is 15.9 Å². The molecule has 138 valence electrons. The second-order valence-corrected chi connectivity index (χ2v) is 8.59. The van der Waals surface area contributed by atoms with Gasteiger partial charge in [0, 0.05) is 0 Å². The summed E-state index contributed by atoms with van der Waals surface area (Å²) in [5.41, 5.74) is 0.447. The maximum atomic E-state index is 12.6. The van der Waals surface area contributed by atoms with Gasteiger partial charge in [-0.15, -0.1) is 0 Å². The first-order valence-corrected chi connectivity index (χ1v) is 10.8. The van der Waals surface area contributed by atoms with Crippen LogP contribution in [0.1, 0.15) is 11.1 Å². The van der Waals surface area contributed by atoms with Gasteiger partial charge in [0.25, 0.3) is 0 Å². The third-order valence-corrected chi connectivity index (χ3v) is 6.70. The summed E-state index contributed by atoms with van der Waals surface area (Å²) in [6, 6.07) is 15.2. The van der Waals surface area contributed by atoms with Crippen molar-refractivity contribution in [3.63, 3.8) is 0 Å². The van der Waals surface area contributed by atoms with E-state index in [2.05, 4.69) is 5.92 Å². The van der Waals surface area contributed by atoms with Crippen LogP contribution >= 0.6 is 0 Å². The Morgan fingerprint density at radius 3 is 2.35 bits per heavy atom. The normalized spacial score (nSPS) is 12.5. The van der Waals surface area contributed by atoms with Crippen LogP contribution in [-0.2, 0) is 22.3 Å². The molecule has 2 aromatic carbocycles. The van der Waals surface area contributed by atoms with Gasteiger partial charge in [-0.05, 0) is 0 Å². The molecular weight excluding hydrogens is 457 g/mol. The van der Waals surface area contributed by atoms with E-state index in [1.807, 2.05) is 30.3 Å². The Hall–Kier alpha value is -1.50. The third kappa shape index (κ3) is 7.40. The first-order chi connectivity index (χ1) is 12.5. The van der Waals surface area contributed by atoms with Gasteiger partial charge in [-0.1, -0.05) is 0 Å². The van der Waals surface area contributed by atoms with Crippen LogP contribution < -0.4 is 3.61 Å². The molecule has 0 aromatic heterocycles. The van der Waals surface area contributed by atoms with E-state index in [1.165, 1.54) is 0 Å². The Morgan fingerprint density at radius 2 is 1.73 bits per heavy atom. The van der Waals surface area contributed by atoms with Gasteiger partial charge in [-0.25, -0.2) is 0 Å². The molecule has 2 nitrogen and oxygen atoms in total.